The van der Waals surface area contributed by atoms with E-state index in [1.54, 1.807) is 6.20 Å². The Balaban J connectivity index is 1.87. The van der Waals surface area contributed by atoms with E-state index in [-0.39, 0.29) is 0 Å². The number of likely N-dealkylation sites (tertiary alicyclic amines) is 1. The molecular formula is C13H23N5. The number of pyridine rings is 1. The monoisotopic (exact) mass is 249 g/mol. The highest BCUT2D eigenvalue weighted by molar-refractivity contribution is 5.41. The maximum absolute atomic E-state index is 5.41. The van der Waals surface area contributed by atoms with Crippen molar-refractivity contribution in [2.24, 2.45) is 5.84 Å². The van der Waals surface area contributed by atoms with Gasteiger partial charge in [0, 0.05) is 31.9 Å². The molecule has 3 N–H and O–H groups in total. The predicted octanol–water partition coefficient (Wildman–Crippen LogP) is 0.893. The minimum atomic E-state index is 0.728. The van der Waals surface area contributed by atoms with Gasteiger partial charge in [0.1, 0.15) is 0 Å². The molecule has 0 spiro atoms. The van der Waals surface area contributed by atoms with Gasteiger partial charge in [0.25, 0.3) is 0 Å². The number of rotatable bonds is 4. The lowest BCUT2D eigenvalue weighted by Gasteiger charge is -2.35. The van der Waals surface area contributed by atoms with Crippen molar-refractivity contribution >= 4 is 5.69 Å². The molecule has 2 rings (SSSR count). The molecule has 5 heteroatoms. The molecule has 0 bridgehead atoms. The Morgan fingerprint density at radius 2 is 2.17 bits per heavy atom. The van der Waals surface area contributed by atoms with Gasteiger partial charge in [-0.05, 0) is 39.1 Å². The fourth-order valence-electron chi connectivity index (χ4n) is 2.48. The van der Waals surface area contributed by atoms with Gasteiger partial charge in [0.2, 0.25) is 0 Å². The standard InChI is InChI=1S/C13H23N5/c1-17(2)13-4-7-18(8-5-13)10-12-9-11(16-14)3-6-15-12/h3,6,9,13H,4-5,7-8,10,14H2,1-2H3,(H,15,16). The molecule has 0 aliphatic carbocycles. The molecule has 1 aliphatic rings. The summed E-state index contributed by atoms with van der Waals surface area (Å²) in [6.45, 7) is 3.20. The topological polar surface area (TPSA) is 57.4 Å². The molecule has 1 aromatic heterocycles. The second kappa shape index (κ2) is 6.13. The molecule has 100 valence electrons. The minimum absolute atomic E-state index is 0.728. The van der Waals surface area contributed by atoms with Crippen LogP contribution in [0.4, 0.5) is 5.69 Å². The van der Waals surface area contributed by atoms with Crippen LogP contribution in [-0.2, 0) is 6.54 Å². The lowest BCUT2D eigenvalue weighted by Crippen LogP contribution is -2.41. The molecule has 0 amide bonds. The van der Waals surface area contributed by atoms with E-state index < -0.39 is 0 Å². The average molecular weight is 249 g/mol. The van der Waals surface area contributed by atoms with E-state index >= 15 is 0 Å². The fourth-order valence-corrected chi connectivity index (χ4v) is 2.48. The number of hydrazine groups is 1. The summed E-state index contributed by atoms with van der Waals surface area (Å²) in [5.41, 5.74) is 4.66. The third-order valence-corrected chi connectivity index (χ3v) is 3.66. The summed E-state index contributed by atoms with van der Waals surface area (Å²) in [6.07, 6.45) is 4.28. The van der Waals surface area contributed by atoms with Crippen molar-refractivity contribution in [1.82, 2.24) is 14.8 Å². The van der Waals surface area contributed by atoms with Crippen LogP contribution < -0.4 is 11.3 Å². The van der Waals surface area contributed by atoms with Crippen LogP contribution in [0.3, 0.4) is 0 Å². The maximum atomic E-state index is 5.41. The summed E-state index contributed by atoms with van der Waals surface area (Å²) in [5, 5.41) is 0. The van der Waals surface area contributed by atoms with Crippen molar-refractivity contribution in [3.8, 4) is 0 Å². The van der Waals surface area contributed by atoms with Crippen LogP contribution >= 0.6 is 0 Å². The van der Waals surface area contributed by atoms with Crippen molar-refractivity contribution in [3.05, 3.63) is 24.0 Å². The second-order valence-electron chi connectivity index (χ2n) is 5.15. The zero-order valence-electron chi connectivity index (χ0n) is 11.3. The quantitative estimate of drug-likeness (QED) is 0.613. The first-order chi connectivity index (χ1) is 8.69. The van der Waals surface area contributed by atoms with Crippen molar-refractivity contribution in [2.75, 3.05) is 32.6 Å². The summed E-state index contributed by atoms with van der Waals surface area (Å²) < 4.78 is 0. The molecule has 1 aromatic rings. The first-order valence-corrected chi connectivity index (χ1v) is 6.49. The number of hydrogen-bond donors (Lipinski definition) is 2. The molecule has 1 saturated heterocycles. The highest BCUT2D eigenvalue weighted by Crippen LogP contribution is 2.16. The third-order valence-electron chi connectivity index (χ3n) is 3.66. The van der Waals surface area contributed by atoms with E-state index in [9.17, 15) is 0 Å². The molecule has 0 unspecified atom stereocenters. The van der Waals surface area contributed by atoms with Gasteiger partial charge in [0.05, 0.1) is 11.4 Å². The zero-order chi connectivity index (χ0) is 13.0. The second-order valence-corrected chi connectivity index (χ2v) is 5.15. The van der Waals surface area contributed by atoms with Gasteiger partial charge < -0.3 is 10.3 Å². The molecule has 0 saturated carbocycles. The van der Waals surface area contributed by atoms with Gasteiger partial charge in [-0.2, -0.15) is 0 Å². The smallest absolute Gasteiger partial charge is 0.0564 e. The molecular weight excluding hydrogens is 226 g/mol. The van der Waals surface area contributed by atoms with Gasteiger partial charge in [-0.25, -0.2) is 0 Å². The Labute approximate surface area is 109 Å². The van der Waals surface area contributed by atoms with Crippen LogP contribution in [0.25, 0.3) is 0 Å². The first-order valence-electron chi connectivity index (χ1n) is 6.49. The molecule has 0 atom stereocenters. The van der Waals surface area contributed by atoms with Crippen LogP contribution in [0.2, 0.25) is 0 Å². The van der Waals surface area contributed by atoms with Crippen LogP contribution in [0.15, 0.2) is 18.3 Å². The number of piperidine rings is 1. The number of anilines is 1. The molecule has 1 aliphatic heterocycles. The van der Waals surface area contributed by atoms with Crippen LogP contribution in [-0.4, -0.2) is 48.0 Å². The number of nitrogens with zero attached hydrogens (tertiary/aromatic N) is 3. The number of hydrogen-bond acceptors (Lipinski definition) is 5. The number of nitrogens with two attached hydrogens (primary N) is 1. The normalized spacial score (nSPS) is 18.2. The Kier molecular flexibility index (Phi) is 4.52. The Morgan fingerprint density at radius 3 is 2.78 bits per heavy atom. The van der Waals surface area contributed by atoms with E-state index in [1.165, 1.54) is 12.8 Å². The van der Waals surface area contributed by atoms with E-state index in [1.807, 2.05) is 12.1 Å². The van der Waals surface area contributed by atoms with Gasteiger partial charge >= 0.3 is 0 Å². The summed E-state index contributed by atoms with van der Waals surface area (Å²) in [6, 6.07) is 4.62. The van der Waals surface area contributed by atoms with Crippen LogP contribution in [0.1, 0.15) is 18.5 Å². The summed E-state index contributed by atoms with van der Waals surface area (Å²) in [5.74, 6) is 5.41. The Morgan fingerprint density at radius 1 is 1.44 bits per heavy atom. The summed E-state index contributed by atoms with van der Waals surface area (Å²) in [7, 11) is 4.33. The minimum Gasteiger partial charge on any atom is -0.324 e. The van der Waals surface area contributed by atoms with Crippen molar-refractivity contribution in [1.29, 1.82) is 0 Å². The van der Waals surface area contributed by atoms with E-state index in [0.717, 1.165) is 37.1 Å². The number of nitrogens with one attached hydrogen (secondary N) is 1. The summed E-state index contributed by atoms with van der Waals surface area (Å²) in [4.78, 5) is 9.18. The third kappa shape index (κ3) is 3.41. The van der Waals surface area contributed by atoms with Gasteiger partial charge in [-0.3, -0.25) is 15.7 Å². The van der Waals surface area contributed by atoms with Crippen molar-refractivity contribution in [2.45, 2.75) is 25.4 Å². The van der Waals surface area contributed by atoms with Crippen molar-refractivity contribution < 1.29 is 0 Å². The fraction of sp³-hybridized carbons (Fsp3) is 0.615. The lowest BCUT2D eigenvalue weighted by atomic mass is 10.0. The first kappa shape index (κ1) is 13.3. The maximum Gasteiger partial charge on any atom is 0.0564 e. The SMILES string of the molecule is CN(C)C1CCN(Cc2cc(NN)ccn2)CC1. The molecule has 18 heavy (non-hydrogen) atoms. The van der Waals surface area contributed by atoms with Crippen molar-refractivity contribution in [3.63, 3.8) is 0 Å². The molecule has 5 nitrogen and oxygen atoms in total. The average Bonchev–Trinajstić information content (AvgIpc) is 2.39. The van der Waals surface area contributed by atoms with Crippen LogP contribution in [0, 0.1) is 0 Å². The van der Waals surface area contributed by atoms with Crippen LogP contribution in [0.5, 0.6) is 0 Å². The van der Waals surface area contributed by atoms with Gasteiger partial charge in [-0.1, -0.05) is 0 Å². The number of aromatic nitrogens is 1. The highest BCUT2D eigenvalue weighted by Gasteiger charge is 2.20. The molecule has 0 radical (unpaired) electrons. The Bertz CT molecular complexity index is 371. The van der Waals surface area contributed by atoms with E-state index in [2.05, 4.69) is 34.3 Å². The molecule has 1 fully saturated rings. The van der Waals surface area contributed by atoms with E-state index in [4.69, 9.17) is 5.84 Å². The predicted molar refractivity (Wildman–Crippen MR) is 74.0 cm³/mol. The summed E-state index contributed by atoms with van der Waals surface area (Å²) >= 11 is 0. The van der Waals surface area contributed by atoms with Gasteiger partial charge in [0.15, 0.2) is 0 Å². The molecule has 2 heterocycles. The largest absolute Gasteiger partial charge is 0.324 e. The molecule has 0 aromatic carbocycles. The lowest BCUT2D eigenvalue weighted by molar-refractivity contribution is 0.139. The van der Waals surface area contributed by atoms with Gasteiger partial charge in [-0.15, -0.1) is 0 Å². The highest BCUT2D eigenvalue weighted by atomic mass is 15.2. The Hall–Kier alpha value is -1.17. The number of nitrogen functional groups attached to an aromatic ring is 1. The van der Waals surface area contributed by atoms with E-state index in [0.29, 0.717) is 0 Å². The zero-order valence-corrected chi connectivity index (χ0v) is 11.3.